The first-order valence-electron chi connectivity index (χ1n) is 4.19. The third-order valence-electron chi connectivity index (χ3n) is 1.79. The lowest BCUT2D eigenvalue weighted by Crippen LogP contribution is -1.76. The van der Waals surface area contributed by atoms with Crippen LogP contribution in [-0.4, -0.2) is 6.29 Å². The van der Waals surface area contributed by atoms with Crippen LogP contribution >= 0.6 is 0 Å². The molecule has 0 atom stereocenters. The minimum atomic E-state index is 0.639. The van der Waals surface area contributed by atoms with Crippen molar-refractivity contribution >= 4 is 12.4 Å². The minimum absolute atomic E-state index is 0.639. The molecule has 2 rings (SSSR count). The molecule has 0 heterocycles. The van der Waals surface area contributed by atoms with Crippen molar-refractivity contribution < 1.29 is 4.79 Å². The second kappa shape index (κ2) is 5.09. The van der Waals surface area contributed by atoms with Crippen LogP contribution in [0.1, 0.15) is 11.1 Å². The zero-order valence-corrected chi connectivity index (χ0v) is 7.44. The Kier molecular flexibility index (Phi) is 3.71. The second-order valence-corrected chi connectivity index (χ2v) is 2.68. The molecule has 0 fully saturated rings. The third kappa shape index (κ3) is 2.71. The molecule has 0 radical (unpaired) electrons. The first kappa shape index (κ1) is 9.46. The summed E-state index contributed by atoms with van der Waals surface area (Å²) in [6.45, 7) is 3.11. The first-order valence-corrected chi connectivity index (χ1v) is 4.19. The van der Waals surface area contributed by atoms with Gasteiger partial charge in [-0.25, -0.2) is 0 Å². The van der Waals surface area contributed by atoms with Gasteiger partial charge in [-0.05, 0) is 23.6 Å². The monoisotopic (exact) mass is 172 g/mol. The van der Waals surface area contributed by atoms with E-state index in [1.807, 2.05) is 0 Å². The van der Waals surface area contributed by atoms with E-state index in [-0.39, 0.29) is 0 Å². The summed E-state index contributed by atoms with van der Waals surface area (Å²) in [5, 5.41) is 0. The summed E-state index contributed by atoms with van der Waals surface area (Å²) in [7, 11) is 0. The summed E-state index contributed by atoms with van der Waals surface area (Å²) in [6, 6.07) is 8.49. The van der Waals surface area contributed by atoms with E-state index in [2.05, 4.69) is 43.0 Å². The van der Waals surface area contributed by atoms with Crippen molar-refractivity contribution in [2.75, 3.05) is 0 Å². The summed E-state index contributed by atoms with van der Waals surface area (Å²) in [6.07, 6.45) is 7.33. The van der Waals surface area contributed by atoms with Crippen molar-refractivity contribution in [3.05, 3.63) is 54.1 Å². The Morgan fingerprint density at radius 3 is 2.62 bits per heavy atom. The Balaban J connectivity index is 0.000000184. The van der Waals surface area contributed by atoms with E-state index in [1.165, 1.54) is 17.2 Å². The van der Waals surface area contributed by atoms with Crippen LogP contribution in [-0.2, 0) is 11.2 Å². The molecule has 0 N–H and O–H groups in total. The third-order valence-corrected chi connectivity index (χ3v) is 1.79. The van der Waals surface area contributed by atoms with Crippen LogP contribution in [0.3, 0.4) is 0 Å². The standard InChI is InChI=1S/C9H8.C3H4O/c1-2-5-9-7-3-6-8(9)4-1;1-2-3-4/h1-6H,7H2;2-3H,1H2. The Hall–Kier alpha value is -1.63. The molecule has 13 heavy (non-hydrogen) atoms. The molecule has 1 nitrogen and oxygen atoms in total. The SMILES string of the molecule is C1=Cc2ccccc2C1.C=CC=O. The molecule has 0 bridgehead atoms. The zero-order chi connectivity index (χ0) is 9.52. The maximum Gasteiger partial charge on any atom is 0.142 e. The Morgan fingerprint density at radius 2 is 2.00 bits per heavy atom. The van der Waals surface area contributed by atoms with E-state index in [4.69, 9.17) is 4.79 Å². The summed E-state index contributed by atoms with van der Waals surface area (Å²) in [5.41, 5.74) is 2.84. The van der Waals surface area contributed by atoms with Crippen molar-refractivity contribution in [3.8, 4) is 0 Å². The van der Waals surface area contributed by atoms with Gasteiger partial charge in [0.25, 0.3) is 0 Å². The molecule has 0 saturated carbocycles. The van der Waals surface area contributed by atoms with Crippen LogP contribution in [0.5, 0.6) is 0 Å². The minimum Gasteiger partial charge on any atom is -0.299 e. The number of rotatable bonds is 1. The van der Waals surface area contributed by atoms with Gasteiger partial charge in [-0.15, -0.1) is 0 Å². The predicted molar refractivity (Wildman–Crippen MR) is 55.4 cm³/mol. The number of hydrogen-bond acceptors (Lipinski definition) is 1. The van der Waals surface area contributed by atoms with Gasteiger partial charge >= 0.3 is 0 Å². The lowest BCUT2D eigenvalue weighted by Gasteiger charge is -1.93. The van der Waals surface area contributed by atoms with E-state index in [9.17, 15) is 0 Å². The van der Waals surface area contributed by atoms with Crippen LogP contribution in [0.25, 0.3) is 6.08 Å². The Bertz CT molecular complexity index is 318. The number of benzene rings is 1. The molecule has 0 saturated heterocycles. The number of carbonyl (C=O) groups excluding carboxylic acids is 1. The summed E-state index contributed by atoms with van der Waals surface area (Å²) < 4.78 is 0. The number of allylic oxidation sites excluding steroid dienone is 2. The van der Waals surface area contributed by atoms with Crippen LogP contribution in [0.2, 0.25) is 0 Å². The van der Waals surface area contributed by atoms with Gasteiger partial charge in [0.15, 0.2) is 0 Å². The number of carbonyl (C=O) groups is 1. The van der Waals surface area contributed by atoms with Gasteiger partial charge in [0.1, 0.15) is 6.29 Å². The molecule has 1 aliphatic carbocycles. The summed E-state index contributed by atoms with van der Waals surface area (Å²) >= 11 is 0. The van der Waals surface area contributed by atoms with Crippen molar-refractivity contribution in [2.45, 2.75) is 6.42 Å². The fourth-order valence-corrected chi connectivity index (χ4v) is 1.20. The molecular weight excluding hydrogens is 160 g/mol. The van der Waals surface area contributed by atoms with E-state index in [1.54, 1.807) is 0 Å². The highest BCUT2D eigenvalue weighted by atomic mass is 16.1. The van der Waals surface area contributed by atoms with Gasteiger partial charge in [-0.3, -0.25) is 4.79 Å². The zero-order valence-electron chi connectivity index (χ0n) is 7.44. The average Bonchev–Trinajstić information content (AvgIpc) is 2.66. The van der Waals surface area contributed by atoms with Crippen LogP contribution in [0, 0.1) is 0 Å². The molecule has 0 spiro atoms. The van der Waals surface area contributed by atoms with Crippen molar-refractivity contribution in [3.63, 3.8) is 0 Å². The fraction of sp³-hybridized carbons (Fsp3) is 0.0833. The highest BCUT2D eigenvalue weighted by molar-refractivity contribution is 5.63. The largest absolute Gasteiger partial charge is 0.299 e. The lowest BCUT2D eigenvalue weighted by molar-refractivity contribution is -0.104. The molecule has 66 valence electrons. The van der Waals surface area contributed by atoms with E-state index < -0.39 is 0 Å². The molecule has 0 amide bonds. The lowest BCUT2D eigenvalue weighted by atomic mass is 10.1. The topological polar surface area (TPSA) is 17.1 Å². The molecule has 1 aromatic carbocycles. The molecule has 1 aromatic rings. The Labute approximate surface area is 78.4 Å². The van der Waals surface area contributed by atoms with Gasteiger partial charge in [0, 0.05) is 0 Å². The molecule has 1 aliphatic rings. The highest BCUT2D eigenvalue weighted by Gasteiger charge is 2.00. The molecule has 0 aromatic heterocycles. The quantitative estimate of drug-likeness (QED) is 0.470. The normalized spacial score (nSPS) is 11.1. The van der Waals surface area contributed by atoms with E-state index in [0.717, 1.165) is 6.42 Å². The van der Waals surface area contributed by atoms with Gasteiger partial charge in [0.05, 0.1) is 0 Å². The van der Waals surface area contributed by atoms with Gasteiger partial charge in [-0.2, -0.15) is 0 Å². The maximum absolute atomic E-state index is 9.06. The second-order valence-electron chi connectivity index (χ2n) is 2.68. The molecule has 0 unspecified atom stereocenters. The van der Waals surface area contributed by atoms with Crippen molar-refractivity contribution in [2.24, 2.45) is 0 Å². The number of aldehydes is 1. The van der Waals surface area contributed by atoms with Crippen molar-refractivity contribution in [1.29, 1.82) is 0 Å². The first-order chi connectivity index (χ1) is 6.38. The smallest absolute Gasteiger partial charge is 0.142 e. The van der Waals surface area contributed by atoms with Gasteiger partial charge in [-0.1, -0.05) is 43.0 Å². The Morgan fingerprint density at radius 1 is 1.31 bits per heavy atom. The van der Waals surface area contributed by atoms with E-state index in [0.29, 0.717) is 6.29 Å². The van der Waals surface area contributed by atoms with Gasteiger partial charge in [0.2, 0.25) is 0 Å². The molecular formula is C12H12O. The number of hydrogen-bond donors (Lipinski definition) is 0. The average molecular weight is 172 g/mol. The maximum atomic E-state index is 9.06. The van der Waals surface area contributed by atoms with Crippen LogP contribution in [0.4, 0.5) is 0 Å². The van der Waals surface area contributed by atoms with Crippen LogP contribution in [0.15, 0.2) is 43.0 Å². The predicted octanol–water partition coefficient (Wildman–Crippen LogP) is 2.63. The summed E-state index contributed by atoms with van der Waals surface area (Å²) in [4.78, 5) is 9.06. The summed E-state index contributed by atoms with van der Waals surface area (Å²) in [5.74, 6) is 0. The van der Waals surface area contributed by atoms with Gasteiger partial charge < -0.3 is 0 Å². The fourth-order valence-electron chi connectivity index (χ4n) is 1.20. The number of fused-ring (bicyclic) bond motifs is 1. The molecule has 1 heteroatoms. The van der Waals surface area contributed by atoms with Crippen molar-refractivity contribution in [1.82, 2.24) is 0 Å². The van der Waals surface area contributed by atoms with E-state index >= 15 is 0 Å². The highest BCUT2D eigenvalue weighted by Crippen LogP contribution is 2.17. The van der Waals surface area contributed by atoms with Crippen LogP contribution < -0.4 is 0 Å². The molecule has 0 aliphatic heterocycles.